The lowest BCUT2D eigenvalue weighted by Crippen LogP contribution is -2.15. The van der Waals surface area contributed by atoms with Crippen molar-refractivity contribution in [3.63, 3.8) is 0 Å². The van der Waals surface area contributed by atoms with Gasteiger partial charge in [-0.3, -0.25) is 4.79 Å². The molecule has 2 aromatic rings. The van der Waals surface area contributed by atoms with E-state index in [0.29, 0.717) is 22.6 Å². The van der Waals surface area contributed by atoms with Crippen LogP contribution >= 0.6 is 12.2 Å². The molecule has 0 aliphatic carbocycles. The van der Waals surface area contributed by atoms with Crippen molar-refractivity contribution in [1.29, 1.82) is 0 Å². The van der Waals surface area contributed by atoms with E-state index in [-0.39, 0.29) is 10.7 Å². The van der Waals surface area contributed by atoms with Gasteiger partial charge in [-0.05, 0) is 39.0 Å². The second-order valence-electron chi connectivity index (χ2n) is 4.73. The summed E-state index contributed by atoms with van der Waals surface area (Å²) in [7, 11) is 0. The maximum Gasteiger partial charge on any atom is 0.259 e. The predicted molar refractivity (Wildman–Crippen MR) is 83.2 cm³/mol. The lowest BCUT2D eigenvalue weighted by molar-refractivity contribution is 0.102. The van der Waals surface area contributed by atoms with Crippen LogP contribution in [0.15, 0.2) is 22.6 Å². The van der Waals surface area contributed by atoms with E-state index in [0.717, 1.165) is 5.56 Å². The minimum atomic E-state index is -0.593. The summed E-state index contributed by atoms with van der Waals surface area (Å²) in [6, 6.07) is 4.18. The number of halogens is 1. The highest BCUT2D eigenvalue weighted by molar-refractivity contribution is 7.80. The first-order valence-corrected chi connectivity index (χ1v) is 6.69. The van der Waals surface area contributed by atoms with Gasteiger partial charge >= 0.3 is 0 Å². The van der Waals surface area contributed by atoms with Gasteiger partial charge in [0.25, 0.3) is 5.91 Å². The number of nitrogens with one attached hydrogen (secondary N) is 1. The van der Waals surface area contributed by atoms with E-state index in [1.807, 2.05) is 0 Å². The van der Waals surface area contributed by atoms with E-state index in [1.54, 1.807) is 26.8 Å². The van der Waals surface area contributed by atoms with Gasteiger partial charge in [0.1, 0.15) is 22.3 Å². The van der Waals surface area contributed by atoms with Crippen LogP contribution in [0.3, 0.4) is 0 Å². The first kappa shape index (κ1) is 15.2. The molecule has 4 nitrogen and oxygen atoms in total. The molecule has 0 spiro atoms. The monoisotopic (exact) mass is 306 g/mol. The first-order valence-electron chi connectivity index (χ1n) is 6.28. The second kappa shape index (κ2) is 5.65. The number of amides is 1. The third-order valence-electron chi connectivity index (χ3n) is 3.29. The largest absolute Gasteiger partial charge is 0.466 e. The van der Waals surface area contributed by atoms with E-state index < -0.39 is 11.7 Å². The Balaban J connectivity index is 2.30. The average molecular weight is 306 g/mol. The van der Waals surface area contributed by atoms with Crippen molar-refractivity contribution in [3.05, 3.63) is 52.2 Å². The lowest BCUT2D eigenvalue weighted by Gasteiger charge is -2.08. The third-order valence-corrected chi connectivity index (χ3v) is 3.53. The Morgan fingerprint density at radius 1 is 1.29 bits per heavy atom. The fourth-order valence-corrected chi connectivity index (χ4v) is 2.21. The molecule has 0 bridgehead atoms. The lowest BCUT2D eigenvalue weighted by atomic mass is 10.1. The van der Waals surface area contributed by atoms with Gasteiger partial charge < -0.3 is 15.5 Å². The molecule has 0 saturated carbocycles. The third kappa shape index (κ3) is 2.95. The van der Waals surface area contributed by atoms with Crippen LogP contribution in [0.1, 0.15) is 33.0 Å². The zero-order valence-electron chi connectivity index (χ0n) is 11.9. The number of thiocarbonyl (C=S) groups is 1. The number of rotatable bonds is 3. The van der Waals surface area contributed by atoms with Crippen LogP contribution in [-0.4, -0.2) is 10.9 Å². The number of furan rings is 1. The number of aryl methyl sites for hydroxylation is 2. The van der Waals surface area contributed by atoms with E-state index in [1.165, 1.54) is 12.1 Å². The van der Waals surface area contributed by atoms with Gasteiger partial charge in [-0.25, -0.2) is 4.39 Å². The summed E-state index contributed by atoms with van der Waals surface area (Å²) in [4.78, 5) is 12.4. The van der Waals surface area contributed by atoms with Gasteiger partial charge in [0.05, 0.1) is 11.3 Å². The Kier molecular flexibility index (Phi) is 4.09. The fraction of sp³-hybridized carbons (Fsp3) is 0.200. The molecule has 0 aliphatic heterocycles. The first-order chi connectivity index (χ1) is 9.81. The number of hydrogen-bond donors (Lipinski definition) is 2. The van der Waals surface area contributed by atoms with E-state index in [2.05, 4.69) is 5.32 Å². The number of benzene rings is 1. The Morgan fingerprint density at radius 2 is 1.95 bits per heavy atom. The smallest absolute Gasteiger partial charge is 0.259 e. The maximum atomic E-state index is 13.9. The standard InChI is InChI=1S/C15H15FN2O2S/c1-7-8(2)20-9(3)13(7)15(19)18-12-5-4-10(14(17)21)6-11(12)16/h4-6H,1-3H3,(H2,17,21)(H,18,19). The van der Waals surface area contributed by atoms with Crippen LogP contribution in [0.5, 0.6) is 0 Å². The molecule has 0 atom stereocenters. The van der Waals surface area contributed by atoms with Crippen molar-refractivity contribution in [2.45, 2.75) is 20.8 Å². The highest BCUT2D eigenvalue weighted by atomic mass is 32.1. The van der Waals surface area contributed by atoms with Gasteiger partial charge in [0.15, 0.2) is 0 Å². The molecule has 0 fully saturated rings. The molecular weight excluding hydrogens is 291 g/mol. The zero-order chi connectivity index (χ0) is 15.7. The van der Waals surface area contributed by atoms with Gasteiger partial charge in [-0.2, -0.15) is 0 Å². The van der Waals surface area contributed by atoms with Crippen LogP contribution in [0.25, 0.3) is 0 Å². The minimum absolute atomic E-state index is 0.0673. The molecular formula is C15H15FN2O2S. The summed E-state index contributed by atoms with van der Waals surface area (Å²) in [6.45, 7) is 5.25. The van der Waals surface area contributed by atoms with Crippen LogP contribution in [-0.2, 0) is 0 Å². The second-order valence-corrected chi connectivity index (χ2v) is 5.17. The van der Waals surface area contributed by atoms with E-state index in [4.69, 9.17) is 22.4 Å². The molecule has 21 heavy (non-hydrogen) atoms. The maximum absolute atomic E-state index is 13.9. The SMILES string of the molecule is Cc1oc(C)c(C(=O)Nc2ccc(C(N)=S)cc2F)c1C. The fourth-order valence-electron chi connectivity index (χ4n) is 2.08. The number of carbonyl (C=O) groups is 1. The molecule has 0 aliphatic rings. The zero-order valence-corrected chi connectivity index (χ0v) is 12.7. The average Bonchev–Trinajstić information content (AvgIpc) is 2.65. The van der Waals surface area contributed by atoms with Crippen LogP contribution < -0.4 is 11.1 Å². The van der Waals surface area contributed by atoms with Crippen LogP contribution in [0, 0.1) is 26.6 Å². The minimum Gasteiger partial charge on any atom is -0.466 e. The van der Waals surface area contributed by atoms with Gasteiger partial charge in [-0.15, -0.1) is 0 Å². The molecule has 3 N–H and O–H groups in total. The molecule has 1 aromatic heterocycles. The van der Waals surface area contributed by atoms with Gasteiger partial charge in [0.2, 0.25) is 0 Å². The summed E-state index contributed by atoms with van der Waals surface area (Å²) < 4.78 is 19.3. The van der Waals surface area contributed by atoms with Crippen LogP contribution in [0.4, 0.5) is 10.1 Å². The number of nitrogens with two attached hydrogens (primary N) is 1. The summed E-state index contributed by atoms with van der Waals surface area (Å²) in [6.07, 6.45) is 0. The molecule has 0 unspecified atom stereocenters. The molecule has 0 radical (unpaired) electrons. The van der Waals surface area contributed by atoms with Crippen molar-refractivity contribution >= 4 is 28.8 Å². The predicted octanol–water partition coefficient (Wildman–Crippen LogP) is 3.23. The van der Waals surface area contributed by atoms with Gasteiger partial charge in [-0.1, -0.05) is 12.2 Å². The summed E-state index contributed by atoms with van der Waals surface area (Å²) in [5.41, 5.74) is 7.07. The quantitative estimate of drug-likeness (QED) is 0.854. The summed E-state index contributed by atoms with van der Waals surface area (Å²) in [5.74, 6) is 0.164. The highest BCUT2D eigenvalue weighted by Gasteiger charge is 2.19. The van der Waals surface area contributed by atoms with E-state index >= 15 is 0 Å². The van der Waals surface area contributed by atoms with Gasteiger partial charge in [0, 0.05) is 11.1 Å². The van der Waals surface area contributed by atoms with Crippen molar-refractivity contribution in [1.82, 2.24) is 0 Å². The molecule has 1 aromatic carbocycles. The number of carbonyl (C=O) groups excluding carboxylic acids is 1. The molecule has 2 rings (SSSR count). The normalized spacial score (nSPS) is 10.5. The van der Waals surface area contributed by atoms with E-state index in [9.17, 15) is 9.18 Å². The highest BCUT2D eigenvalue weighted by Crippen LogP contribution is 2.23. The molecule has 1 amide bonds. The van der Waals surface area contributed by atoms with Crippen molar-refractivity contribution in [2.75, 3.05) is 5.32 Å². The molecule has 0 saturated heterocycles. The summed E-state index contributed by atoms with van der Waals surface area (Å²) >= 11 is 4.78. The molecule has 1 heterocycles. The van der Waals surface area contributed by atoms with Crippen LogP contribution in [0.2, 0.25) is 0 Å². The Hall–Kier alpha value is -2.21. The topological polar surface area (TPSA) is 68.3 Å². The Morgan fingerprint density at radius 3 is 2.43 bits per heavy atom. The van der Waals surface area contributed by atoms with Crippen molar-refractivity contribution < 1.29 is 13.6 Å². The molecule has 110 valence electrons. The van der Waals surface area contributed by atoms with Crippen molar-refractivity contribution in [3.8, 4) is 0 Å². The molecule has 6 heteroatoms. The Labute approximate surface area is 127 Å². The Bertz CT molecular complexity index is 738. The number of anilines is 1. The van der Waals surface area contributed by atoms with Crippen molar-refractivity contribution in [2.24, 2.45) is 5.73 Å². The number of hydrogen-bond acceptors (Lipinski definition) is 3. The summed E-state index contributed by atoms with van der Waals surface area (Å²) in [5, 5.41) is 2.53.